The second-order valence-electron chi connectivity index (χ2n) is 7.25. The number of benzene rings is 2. The summed E-state index contributed by atoms with van der Waals surface area (Å²) in [5.74, 6) is -0.0104. The van der Waals surface area contributed by atoms with E-state index in [1.165, 1.54) is 0 Å². The zero-order valence-electron chi connectivity index (χ0n) is 16.1. The fourth-order valence-electron chi connectivity index (χ4n) is 2.90. The van der Waals surface area contributed by atoms with Gasteiger partial charge in [0.2, 0.25) is 0 Å². The Morgan fingerprint density at radius 2 is 1.90 bits per heavy atom. The van der Waals surface area contributed by atoms with Crippen LogP contribution in [0, 0.1) is 0 Å². The van der Waals surface area contributed by atoms with E-state index in [-0.39, 0.29) is 5.75 Å². The van der Waals surface area contributed by atoms with Crippen LogP contribution in [-0.4, -0.2) is 18.9 Å². The second-order valence-corrected chi connectivity index (χ2v) is 9.06. The summed E-state index contributed by atoms with van der Waals surface area (Å²) in [6, 6.07) is 19.1. The van der Waals surface area contributed by atoms with Gasteiger partial charge in [0, 0.05) is 27.6 Å². The predicted molar refractivity (Wildman–Crippen MR) is 120 cm³/mol. The monoisotopic (exact) mass is 470 g/mol. The Hall–Kier alpha value is -2.12. The van der Waals surface area contributed by atoms with Crippen LogP contribution in [0.5, 0.6) is 0 Å². The first-order valence-corrected chi connectivity index (χ1v) is 11.1. The molecule has 3 rings (SSSR count). The van der Waals surface area contributed by atoms with Crippen LogP contribution in [0.25, 0.3) is 11.6 Å². The number of aliphatic hydroxyl groups is 1. The number of pyridine rings is 1. The van der Waals surface area contributed by atoms with Crippen molar-refractivity contribution in [3.05, 3.63) is 99.3 Å². The van der Waals surface area contributed by atoms with E-state index >= 15 is 0 Å². The van der Waals surface area contributed by atoms with Gasteiger partial charge in [-0.25, -0.2) is 0 Å². The van der Waals surface area contributed by atoms with Crippen molar-refractivity contribution in [3.63, 3.8) is 0 Å². The van der Waals surface area contributed by atoms with Crippen LogP contribution in [0.4, 0.5) is 0 Å². The molecule has 1 N–H and O–H groups in total. The van der Waals surface area contributed by atoms with Crippen molar-refractivity contribution in [2.45, 2.75) is 25.2 Å². The number of aromatic nitrogens is 1. The highest BCUT2D eigenvalue weighted by atomic mass is 79.9. The molecule has 0 saturated carbocycles. The SMILES string of the molecule is CC(C)(O)c1ccc(/C(=C/c2cccc(Br)c2)c2ccc(CS(=O)[O-])cc2)nc1. The number of halogens is 1. The van der Waals surface area contributed by atoms with Gasteiger partial charge < -0.3 is 9.66 Å². The average Bonchev–Trinajstić information content (AvgIpc) is 2.66. The van der Waals surface area contributed by atoms with Gasteiger partial charge in [0.05, 0.1) is 11.3 Å². The Balaban J connectivity index is 2.06. The van der Waals surface area contributed by atoms with Gasteiger partial charge in [0.25, 0.3) is 0 Å². The summed E-state index contributed by atoms with van der Waals surface area (Å²) in [5.41, 5.74) is 4.10. The van der Waals surface area contributed by atoms with Crippen molar-refractivity contribution in [2.24, 2.45) is 0 Å². The Kier molecular flexibility index (Phi) is 6.80. The standard InChI is InChI=1S/C23H22BrNO3S/c1-23(2,26)19-10-11-22(25-14-19)21(13-17-4-3-5-20(24)12-17)18-8-6-16(7-9-18)15-29(27)28/h3-14,26H,15H2,1-2H3,(H,27,28)/p-1/b21-13+. The third-order valence-corrected chi connectivity index (χ3v) is 5.52. The minimum atomic E-state index is -2.12. The van der Waals surface area contributed by atoms with Gasteiger partial charge in [-0.3, -0.25) is 9.19 Å². The first-order chi connectivity index (χ1) is 13.7. The van der Waals surface area contributed by atoms with E-state index in [1.807, 2.05) is 66.7 Å². The number of nitrogens with zero attached hydrogens (tertiary/aromatic N) is 1. The smallest absolute Gasteiger partial charge is 0.0855 e. The lowest BCUT2D eigenvalue weighted by Crippen LogP contribution is -2.15. The molecule has 0 saturated heterocycles. The van der Waals surface area contributed by atoms with Crippen molar-refractivity contribution in [3.8, 4) is 0 Å². The minimum absolute atomic E-state index is 0.0104. The molecule has 1 atom stereocenters. The van der Waals surface area contributed by atoms with Gasteiger partial charge >= 0.3 is 0 Å². The Bertz CT molecular complexity index is 1040. The molecular weight excluding hydrogens is 450 g/mol. The van der Waals surface area contributed by atoms with Crippen LogP contribution in [0.1, 0.15) is 41.8 Å². The molecule has 1 heterocycles. The molecule has 6 heteroatoms. The summed E-state index contributed by atoms with van der Waals surface area (Å²) in [6.45, 7) is 3.45. The average molecular weight is 471 g/mol. The van der Waals surface area contributed by atoms with Gasteiger partial charge in [-0.2, -0.15) is 0 Å². The van der Waals surface area contributed by atoms with E-state index in [0.29, 0.717) is 0 Å². The van der Waals surface area contributed by atoms with Crippen LogP contribution in [0.2, 0.25) is 0 Å². The highest BCUT2D eigenvalue weighted by Crippen LogP contribution is 2.28. The zero-order valence-corrected chi connectivity index (χ0v) is 18.5. The molecule has 2 aromatic carbocycles. The van der Waals surface area contributed by atoms with Gasteiger partial charge in [-0.1, -0.05) is 69.5 Å². The zero-order chi connectivity index (χ0) is 21.0. The predicted octanol–water partition coefficient (Wildman–Crippen LogP) is 5.04. The molecule has 0 spiro atoms. The molecule has 0 aliphatic rings. The molecule has 1 aromatic heterocycles. The van der Waals surface area contributed by atoms with Crippen LogP contribution in [0.15, 0.2) is 71.3 Å². The third kappa shape index (κ3) is 5.93. The molecule has 0 amide bonds. The van der Waals surface area contributed by atoms with E-state index in [9.17, 15) is 13.9 Å². The van der Waals surface area contributed by atoms with E-state index in [1.54, 1.807) is 20.0 Å². The Morgan fingerprint density at radius 1 is 1.17 bits per heavy atom. The van der Waals surface area contributed by atoms with Crippen LogP contribution in [-0.2, 0) is 22.4 Å². The molecule has 0 bridgehead atoms. The maximum atomic E-state index is 10.9. The molecule has 0 aliphatic heterocycles. The quantitative estimate of drug-likeness (QED) is 0.404. The summed E-state index contributed by atoms with van der Waals surface area (Å²) in [4.78, 5) is 4.57. The fraction of sp³-hybridized carbons (Fsp3) is 0.174. The molecule has 4 nitrogen and oxygen atoms in total. The third-order valence-electron chi connectivity index (χ3n) is 4.46. The molecule has 1 unspecified atom stereocenters. The van der Waals surface area contributed by atoms with Crippen molar-refractivity contribution >= 4 is 38.7 Å². The summed E-state index contributed by atoms with van der Waals surface area (Å²) in [6.07, 6.45) is 3.72. The largest absolute Gasteiger partial charge is 0.772 e. The van der Waals surface area contributed by atoms with Gasteiger partial charge in [-0.15, -0.1) is 0 Å². The molecule has 0 fully saturated rings. The lowest BCUT2D eigenvalue weighted by atomic mass is 9.96. The van der Waals surface area contributed by atoms with Crippen molar-refractivity contribution in [2.75, 3.05) is 0 Å². The Morgan fingerprint density at radius 3 is 2.45 bits per heavy atom. The summed E-state index contributed by atoms with van der Waals surface area (Å²) in [7, 11) is 0. The van der Waals surface area contributed by atoms with E-state index < -0.39 is 16.7 Å². The van der Waals surface area contributed by atoms with Crippen LogP contribution < -0.4 is 0 Å². The summed E-state index contributed by atoms with van der Waals surface area (Å²) >= 11 is 1.38. The molecule has 150 valence electrons. The van der Waals surface area contributed by atoms with Gasteiger partial charge in [0.1, 0.15) is 0 Å². The minimum Gasteiger partial charge on any atom is -0.772 e. The molecule has 0 radical (unpaired) electrons. The number of hydrogen-bond donors (Lipinski definition) is 1. The van der Waals surface area contributed by atoms with Crippen LogP contribution >= 0.6 is 15.9 Å². The highest BCUT2D eigenvalue weighted by molar-refractivity contribution is 9.10. The lowest BCUT2D eigenvalue weighted by Gasteiger charge is -2.18. The maximum Gasteiger partial charge on any atom is 0.0855 e. The second kappa shape index (κ2) is 9.13. The Labute approximate surface area is 181 Å². The maximum absolute atomic E-state index is 10.9. The lowest BCUT2D eigenvalue weighted by molar-refractivity contribution is 0.0782. The molecular formula is C23H21BrNO3S-. The summed E-state index contributed by atoms with van der Waals surface area (Å²) in [5, 5.41) is 10.2. The number of hydrogen-bond acceptors (Lipinski definition) is 4. The van der Waals surface area contributed by atoms with Crippen molar-refractivity contribution in [1.82, 2.24) is 4.98 Å². The normalized spacial score (nSPS) is 13.3. The topological polar surface area (TPSA) is 73.2 Å². The molecule has 29 heavy (non-hydrogen) atoms. The first-order valence-electron chi connectivity index (χ1n) is 9.04. The van der Waals surface area contributed by atoms with E-state index in [4.69, 9.17) is 0 Å². The first kappa shape index (κ1) is 21.6. The van der Waals surface area contributed by atoms with Crippen molar-refractivity contribution in [1.29, 1.82) is 0 Å². The molecule has 3 aromatic rings. The fourth-order valence-corrected chi connectivity index (χ4v) is 3.78. The van der Waals surface area contributed by atoms with E-state index in [0.717, 1.165) is 38.0 Å². The molecule has 0 aliphatic carbocycles. The highest BCUT2D eigenvalue weighted by Gasteiger charge is 2.17. The summed E-state index contributed by atoms with van der Waals surface area (Å²) < 4.78 is 22.9. The van der Waals surface area contributed by atoms with Crippen LogP contribution in [0.3, 0.4) is 0 Å². The van der Waals surface area contributed by atoms with E-state index in [2.05, 4.69) is 20.9 Å². The van der Waals surface area contributed by atoms with Crippen molar-refractivity contribution < 1.29 is 13.9 Å². The number of rotatable bonds is 6. The van der Waals surface area contributed by atoms with Gasteiger partial charge in [-0.05, 0) is 54.8 Å². The van der Waals surface area contributed by atoms with Gasteiger partial charge in [0.15, 0.2) is 0 Å².